The van der Waals surface area contributed by atoms with Crippen LogP contribution < -0.4 is 4.74 Å². The molecule has 0 unspecified atom stereocenters. The lowest BCUT2D eigenvalue weighted by molar-refractivity contribution is -0.0498. The molecule has 5 nitrogen and oxygen atoms in total. The van der Waals surface area contributed by atoms with Gasteiger partial charge in [-0.1, -0.05) is 11.8 Å². The van der Waals surface area contributed by atoms with Gasteiger partial charge in [-0.25, -0.2) is 4.98 Å². The lowest BCUT2D eigenvalue weighted by atomic mass is 10.1. The number of Topliss-reactive ketones (excluding diaryl/α,β-unsaturated/α-hetero) is 1. The molecule has 2 rings (SSSR count). The van der Waals surface area contributed by atoms with E-state index in [4.69, 9.17) is 0 Å². The normalized spacial score (nSPS) is 12.4. The molecule has 106 valence electrons. The molecular formula is C12H11F2N3O2S. The molecule has 0 aliphatic rings. The Morgan fingerprint density at radius 3 is 2.60 bits per heavy atom. The molecule has 0 amide bonds. The first-order chi connectivity index (χ1) is 9.56. The summed E-state index contributed by atoms with van der Waals surface area (Å²) < 4.78 is 28.2. The van der Waals surface area contributed by atoms with E-state index in [1.165, 1.54) is 42.4 Å². The molecule has 20 heavy (non-hydrogen) atoms. The second-order valence-electron chi connectivity index (χ2n) is 3.82. The fourth-order valence-electron chi connectivity index (χ4n) is 1.51. The average molecular weight is 299 g/mol. The highest BCUT2D eigenvalue weighted by Crippen LogP contribution is 2.23. The van der Waals surface area contributed by atoms with E-state index in [-0.39, 0.29) is 16.8 Å². The Morgan fingerprint density at radius 2 is 2.05 bits per heavy atom. The third-order valence-electron chi connectivity index (χ3n) is 2.41. The molecule has 1 aromatic heterocycles. The largest absolute Gasteiger partial charge is 0.435 e. The van der Waals surface area contributed by atoms with Gasteiger partial charge in [0.15, 0.2) is 10.9 Å². The second kappa shape index (κ2) is 6.47. The highest BCUT2D eigenvalue weighted by atomic mass is 32.2. The summed E-state index contributed by atoms with van der Waals surface area (Å²) in [4.78, 5) is 16.1. The van der Waals surface area contributed by atoms with Crippen molar-refractivity contribution in [2.75, 3.05) is 0 Å². The Labute approximate surface area is 117 Å². The van der Waals surface area contributed by atoms with Crippen LogP contribution in [0, 0.1) is 0 Å². The van der Waals surface area contributed by atoms with Crippen LogP contribution in [0.15, 0.2) is 35.7 Å². The van der Waals surface area contributed by atoms with Gasteiger partial charge in [-0.05, 0) is 31.2 Å². The van der Waals surface area contributed by atoms with Crippen LogP contribution in [0.25, 0.3) is 0 Å². The molecule has 1 N–H and O–H groups in total. The minimum atomic E-state index is -2.88. The van der Waals surface area contributed by atoms with E-state index >= 15 is 0 Å². The number of nitrogens with zero attached hydrogens (tertiary/aromatic N) is 2. The maximum absolute atomic E-state index is 12.1. The number of halogens is 2. The molecule has 0 saturated carbocycles. The van der Waals surface area contributed by atoms with Gasteiger partial charge in [-0.15, -0.1) is 0 Å². The van der Waals surface area contributed by atoms with Crippen molar-refractivity contribution in [3.63, 3.8) is 0 Å². The van der Waals surface area contributed by atoms with E-state index in [2.05, 4.69) is 19.9 Å². The number of hydrogen-bond acceptors (Lipinski definition) is 5. The van der Waals surface area contributed by atoms with Crippen LogP contribution in [-0.2, 0) is 0 Å². The second-order valence-corrected chi connectivity index (χ2v) is 5.15. The summed E-state index contributed by atoms with van der Waals surface area (Å²) in [7, 11) is 0. The number of hydrogen-bond donors (Lipinski definition) is 1. The van der Waals surface area contributed by atoms with Gasteiger partial charge in [0.05, 0.1) is 5.25 Å². The number of alkyl halides is 2. The average Bonchev–Trinajstić information content (AvgIpc) is 2.91. The zero-order valence-electron chi connectivity index (χ0n) is 10.4. The molecule has 1 heterocycles. The molecule has 0 aliphatic carbocycles. The van der Waals surface area contributed by atoms with E-state index in [9.17, 15) is 13.6 Å². The summed E-state index contributed by atoms with van der Waals surface area (Å²) in [6.07, 6.45) is 1.36. The van der Waals surface area contributed by atoms with Crippen molar-refractivity contribution in [2.45, 2.75) is 23.9 Å². The number of rotatable bonds is 6. The third kappa shape index (κ3) is 3.77. The first-order valence-electron chi connectivity index (χ1n) is 5.67. The number of nitrogens with one attached hydrogen (secondary N) is 1. The van der Waals surface area contributed by atoms with Crippen molar-refractivity contribution in [3.8, 4) is 5.75 Å². The van der Waals surface area contributed by atoms with Crippen molar-refractivity contribution in [2.24, 2.45) is 0 Å². The predicted molar refractivity (Wildman–Crippen MR) is 69.1 cm³/mol. The highest BCUT2D eigenvalue weighted by molar-refractivity contribution is 8.00. The molecule has 0 aliphatic heterocycles. The monoisotopic (exact) mass is 299 g/mol. The van der Waals surface area contributed by atoms with Crippen LogP contribution in [0.2, 0.25) is 0 Å². The summed E-state index contributed by atoms with van der Waals surface area (Å²) in [5, 5.41) is 6.52. The van der Waals surface area contributed by atoms with Gasteiger partial charge in [0.2, 0.25) is 0 Å². The van der Waals surface area contributed by atoms with Crippen LogP contribution in [0.1, 0.15) is 17.3 Å². The molecule has 0 spiro atoms. The molecule has 0 bridgehead atoms. The van der Waals surface area contributed by atoms with Crippen LogP contribution in [0.5, 0.6) is 5.75 Å². The number of thioether (sulfide) groups is 1. The molecule has 0 saturated heterocycles. The molecule has 8 heteroatoms. The number of aromatic nitrogens is 3. The van der Waals surface area contributed by atoms with E-state index in [1.807, 2.05) is 0 Å². The first-order valence-corrected chi connectivity index (χ1v) is 6.55. The summed E-state index contributed by atoms with van der Waals surface area (Å²) in [5.74, 6) is -0.109. The Morgan fingerprint density at radius 1 is 1.35 bits per heavy atom. The first kappa shape index (κ1) is 14.4. The van der Waals surface area contributed by atoms with Gasteiger partial charge in [-0.2, -0.15) is 13.9 Å². The highest BCUT2D eigenvalue weighted by Gasteiger charge is 2.18. The maximum atomic E-state index is 12.1. The minimum Gasteiger partial charge on any atom is -0.435 e. The quantitative estimate of drug-likeness (QED) is 0.656. The zero-order chi connectivity index (χ0) is 14.5. The van der Waals surface area contributed by atoms with Crippen LogP contribution >= 0.6 is 11.8 Å². The number of carbonyl (C=O) groups excluding carboxylic acids is 1. The molecule has 0 fully saturated rings. The van der Waals surface area contributed by atoms with Crippen LogP contribution in [-0.4, -0.2) is 32.8 Å². The number of aromatic amines is 1. The van der Waals surface area contributed by atoms with Gasteiger partial charge in [0.25, 0.3) is 0 Å². The summed E-state index contributed by atoms with van der Waals surface area (Å²) in [6, 6.07) is 5.59. The summed E-state index contributed by atoms with van der Waals surface area (Å²) in [5.41, 5.74) is 0.422. The SMILES string of the molecule is C[C@@H](Sc1ncn[nH]1)C(=O)c1ccc(OC(F)F)cc1. The van der Waals surface area contributed by atoms with Gasteiger partial charge in [0.1, 0.15) is 12.1 Å². The number of benzene rings is 1. The van der Waals surface area contributed by atoms with Crippen molar-refractivity contribution in [3.05, 3.63) is 36.2 Å². The number of H-pyrrole nitrogens is 1. The standard InChI is InChI=1S/C12H11F2N3O2S/c1-7(20-12-15-6-16-17-12)10(18)8-2-4-9(5-3-8)19-11(13)14/h2-7,11H,1H3,(H,15,16,17)/t7-/m1/s1. The third-order valence-corrected chi connectivity index (χ3v) is 3.40. The van der Waals surface area contributed by atoms with Gasteiger partial charge in [0, 0.05) is 5.56 Å². The van der Waals surface area contributed by atoms with E-state index in [1.54, 1.807) is 6.92 Å². The summed E-state index contributed by atoms with van der Waals surface area (Å²) >= 11 is 1.24. The fraction of sp³-hybridized carbons (Fsp3) is 0.250. The Balaban J connectivity index is 2.01. The maximum Gasteiger partial charge on any atom is 0.387 e. The van der Waals surface area contributed by atoms with Crippen molar-refractivity contribution >= 4 is 17.5 Å². The van der Waals surface area contributed by atoms with E-state index in [0.29, 0.717) is 10.7 Å². The van der Waals surface area contributed by atoms with Crippen LogP contribution in [0.4, 0.5) is 8.78 Å². The van der Waals surface area contributed by atoms with Gasteiger partial charge in [-0.3, -0.25) is 9.89 Å². The number of ketones is 1. The van der Waals surface area contributed by atoms with Gasteiger partial charge < -0.3 is 4.74 Å². The molecular weight excluding hydrogens is 288 g/mol. The van der Waals surface area contributed by atoms with Crippen molar-refractivity contribution < 1.29 is 18.3 Å². The van der Waals surface area contributed by atoms with Crippen molar-refractivity contribution in [1.29, 1.82) is 0 Å². The lowest BCUT2D eigenvalue weighted by Gasteiger charge is -2.09. The number of carbonyl (C=O) groups is 1. The lowest BCUT2D eigenvalue weighted by Crippen LogP contribution is -2.13. The number of ether oxygens (including phenoxy) is 1. The summed E-state index contributed by atoms with van der Waals surface area (Å²) in [6.45, 7) is -1.14. The fourth-order valence-corrected chi connectivity index (χ4v) is 2.30. The van der Waals surface area contributed by atoms with E-state index < -0.39 is 6.61 Å². The Kier molecular flexibility index (Phi) is 4.67. The Bertz CT molecular complexity index is 561. The smallest absolute Gasteiger partial charge is 0.387 e. The predicted octanol–water partition coefficient (Wildman–Crippen LogP) is 2.77. The molecule has 1 aromatic carbocycles. The van der Waals surface area contributed by atoms with Crippen molar-refractivity contribution in [1.82, 2.24) is 15.2 Å². The van der Waals surface area contributed by atoms with E-state index in [0.717, 1.165) is 0 Å². The minimum absolute atomic E-state index is 0.0205. The zero-order valence-corrected chi connectivity index (χ0v) is 11.2. The molecule has 0 radical (unpaired) electrons. The topological polar surface area (TPSA) is 67.9 Å². The molecule has 1 atom stereocenters. The molecule has 2 aromatic rings. The Hall–Kier alpha value is -1.96. The van der Waals surface area contributed by atoms with Crippen LogP contribution in [0.3, 0.4) is 0 Å². The van der Waals surface area contributed by atoms with Gasteiger partial charge >= 0.3 is 6.61 Å².